The molecule has 162 valence electrons. The quantitative estimate of drug-likeness (QED) is 0.694. The van der Waals surface area contributed by atoms with Crippen LogP contribution in [0.5, 0.6) is 0 Å². The molecular formula is C22H34F2N4O. The smallest absolute Gasteiger partial charge is 0.237 e. The van der Waals surface area contributed by atoms with Gasteiger partial charge in [0.05, 0.1) is 6.04 Å². The number of nitrogens with one attached hydrogen (secondary N) is 2. The van der Waals surface area contributed by atoms with Crippen molar-refractivity contribution in [2.45, 2.75) is 64.2 Å². The summed E-state index contributed by atoms with van der Waals surface area (Å²) in [6.45, 7) is 9.06. The average Bonchev–Trinajstić information content (AvgIpc) is 3.14. The number of likely N-dealkylation sites (tertiary alicyclic amines) is 2. The first-order valence-corrected chi connectivity index (χ1v) is 10.9. The second-order valence-electron chi connectivity index (χ2n) is 8.23. The summed E-state index contributed by atoms with van der Waals surface area (Å²) in [5, 5.41) is 6.32. The van der Waals surface area contributed by atoms with E-state index >= 15 is 0 Å². The number of piperidine rings is 1. The Balaban J connectivity index is 1.62. The molecule has 0 unspecified atom stereocenters. The first-order chi connectivity index (χ1) is 14.0. The molecule has 0 radical (unpaired) electrons. The highest BCUT2D eigenvalue weighted by Crippen LogP contribution is 2.27. The summed E-state index contributed by atoms with van der Waals surface area (Å²) in [6, 6.07) is 3.85. The molecule has 0 bridgehead atoms. The van der Waals surface area contributed by atoms with Crippen molar-refractivity contribution >= 4 is 5.91 Å². The van der Waals surface area contributed by atoms with E-state index in [0.717, 1.165) is 51.2 Å². The predicted molar refractivity (Wildman–Crippen MR) is 111 cm³/mol. The van der Waals surface area contributed by atoms with Crippen molar-refractivity contribution in [3.63, 3.8) is 0 Å². The van der Waals surface area contributed by atoms with E-state index in [0.29, 0.717) is 24.6 Å². The molecule has 3 rings (SSSR count). The van der Waals surface area contributed by atoms with E-state index in [9.17, 15) is 13.6 Å². The van der Waals surface area contributed by atoms with Crippen LogP contribution in [-0.2, 0) is 11.3 Å². The van der Waals surface area contributed by atoms with Crippen LogP contribution in [0.25, 0.3) is 0 Å². The van der Waals surface area contributed by atoms with Crippen LogP contribution in [0.2, 0.25) is 0 Å². The van der Waals surface area contributed by atoms with Gasteiger partial charge in [-0.05, 0) is 70.4 Å². The number of amides is 1. The minimum absolute atomic E-state index is 0.0738. The van der Waals surface area contributed by atoms with Gasteiger partial charge in [-0.2, -0.15) is 0 Å². The third kappa shape index (κ3) is 5.74. The van der Waals surface area contributed by atoms with Gasteiger partial charge in [0.1, 0.15) is 11.6 Å². The van der Waals surface area contributed by atoms with Crippen LogP contribution in [0.1, 0.15) is 45.1 Å². The van der Waals surface area contributed by atoms with Crippen LogP contribution in [0.15, 0.2) is 18.2 Å². The Labute approximate surface area is 172 Å². The zero-order valence-corrected chi connectivity index (χ0v) is 17.6. The minimum Gasteiger partial charge on any atom is -0.355 e. The predicted octanol–water partition coefficient (Wildman–Crippen LogP) is 2.51. The molecule has 0 spiro atoms. The van der Waals surface area contributed by atoms with Crippen LogP contribution in [0.3, 0.4) is 0 Å². The van der Waals surface area contributed by atoms with Gasteiger partial charge < -0.3 is 15.5 Å². The van der Waals surface area contributed by atoms with E-state index in [-0.39, 0.29) is 24.5 Å². The third-order valence-electron chi connectivity index (χ3n) is 6.15. The maximum Gasteiger partial charge on any atom is 0.237 e. The lowest BCUT2D eigenvalue weighted by Crippen LogP contribution is -2.51. The van der Waals surface area contributed by atoms with Crippen LogP contribution < -0.4 is 10.6 Å². The number of likely N-dealkylation sites (N-methyl/N-ethyl adjacent to an activating group) is 1. The van der Waals surface area contributed by atoms with E-state index < -0.39 is 11.6 Å². The Kier molecular flexibility index (Phi) is 7.98. The van der Waals surface area contributed by atoms with Crippen LogP contribution >= 0.6 is 0 Å². The van der Waals surface area contributed by atoms with Gasteiger partial charge in [0.25, 0.3) is 0 Å². The lowest BCUT2D eigenvalue weighted by molar-refractivity contribution is -0.126. The number of hydrogen-bond acceptors (Lipinski definition) is 4. The summed E-state index contributed by atoms with van der Waals surface area (Å²) in [5.41, 5.74) is 0.325. The van der Waals surface area contributed by atoms with Crippen LogP contribution in [-0.4, -0.2) is 66.6 Å². The Bertz CT molecular complexity index is 679. The number of carbonyl (C=O) groups excluding carboxylic acids is 1. The molecule has 2 aliphatic heterocycles. The minimum atomic E-state index is -0.435. The standard InChI is InChI=1S/C22H34F2N4O/c1-3-9-27-10-7-19(8-11-27)28-15-18(13-21(28)22(29)25-4-2)26-14-16-12-17(23)5-6-20(16)24/h5-6,12,18-19,21,26H,3-4,7-11,13-15H2,1-2H3,(H,25,29)/t18-,21-/m0/s1. The Morgan fingerprint density at radius 2 is 1.97 bits per heavy atom. The van der Waals surface area contributed by atoms with Gasteiger partial charge >= 0.3 is 0 Å². The second-order valence-corrected chi connectivity index (χ2v) is 8.23. The molecule has 2 aliphatic rings. The normalized spacial score (nSPS) is 24.1. The van der Waals surface area contributed by atoms with E-state index in [1.54, 1.807) is 0 Å². The molecule has 1 amide bonds. The summed E-state index contributed by atoms with van der Waals surface area (Å²) in [4.78, 5) is 17.5. The van der Waals surface area contributed by atoms with Crippen molar-refractivity contribution in [3.8, 4) is 0 Å². The summed E-state index contributed by atoms with van der Waals surface area (Å²) < 4.78 is 27.4. The van der Waals surface area contributed by atoms with Crippen molar-refractivity contribution < 1.29 is 13.6 Å². The number of carbonyl (C=O) groups is 1. The molecule has 2 N–H and O–H groups in total. The van der Waals surface area contributed by atoms with Crippen molar-refractivity contribution in [2.24, 2.45) is 0 Å². The van der Waals surface area contributed by atoms with Crippen molar-refractivity contribution in [1.29, 1.82) is 0 Å². The van der Waals surface area contributed by atoms with Crippen LogP contribution in [0, 0.1) is 11.6 Å². The molecule has 1 aromatic carbocycles. The lowest BCUT2D eigenvalue weighted by atomic mass is 10.0. The van der Waals surface area contributed by atoms with Gasteiger partial charge in [0.2, 0.25) is 5.91 Å². The first-order valence-electron chi connectivity index (χ1n) is 10.9. The monoisotopic (exact) mass is 408 g/mol. The van der Waals surface area contributed by atoms with Crippen molar-refractivity contribution in [3.05, 3.63) is 35.4 Å². The SMILES string of the molecule is CCCN1CCC(N2C[C@@H](NCc3cc(F)ccc3F)C[C@H]2C(=O)NCC)CC1. The Morgan fingerprint density at radius 3 is 2.66 bits per heavy atom. The van der Waals surface area contributed by atoms with E-state index in [2.05, 4.69) is 27.4 Å². The molecule has 2 fully saturated rings. The highest BCUT2D eigenvalue weighted by molar-refractivity contribution is 5.82. The molecule has 29 heavy (non-hydrogen) atoms. The van der Waals surface area contributed by atoms with Crippen LogP contribution in [0.4, 0.5) is 8.78 Å². The fraction of sp³-hybridized carbons (Fsp3) is 0.682. The summed E-state index contributed by atoms with van der Waals surface area (Å²) in [5.74, 6) is -0.766. The van der Waals surface area contributed by atoms with Crippen molar-refractivity contribution in [2.75, 3.05) is 32.7 Å². The molecule has 2 atom stereocenters. The number of benzene rings is 1. The molecule has 1 aromatic rings. The number of nitrogens with zero attached hydrogens (tertiary/aromatic N) is 2. The Morgan fingerprint density at radius 1 is 1.21 bits per heavy atom. The molecule has 2 saturated heterocycles. The number of hydrogen-bond donors (Lipinski definition) is 2. The molecule has 5 nitrogen and oxygen atoms in total. The van der Waals surface area contributed by atoms with Gasteiger partial charge in [0.15, 0.2) is 0 Å². The second kappa shape index (κ2) is 10.5. The third-order valence-corrected chi connectivity index (χ3v) is 6.15. The highest BCUT2D eigenvalue weighted by Gasteiger charge is 2.40. The number of rotatable bonds is 8. The van der Waals surface area contributed by atoms with Gasteiger partial charge in [-0.15, -0.1) is 0 Å². The molecule has 0 aromatic heterocycles. The molecule has 0 saturated carbocycles. The fourth-order valence-electron chi connectivity index (χ4n) is 4.69. The summed E-state index contributed by atoms with van der Waals surface area (Å²) >= 11 is 0. The molecule has 2 heterocycles. The van der Waals surface area contributed by atoms with E-state index in [1.807, 2.05) is 6.92 Å². The molecule has 7 heteroatoms. The van der Waals surface area contributed by atoms with E-state index in [4.69, 9.17) is 0 Å². The van der Waals surface area contributed by atoms with E-state index in [1.165, 1.54) is 12.5 Å². The maximum absolute atomic E-state index is 13.9. The van der Waals surface area contributed by atoms with Gasteiger partial charge in [-0.1, -0.05) is 6.92 Å². The highest BCUT2D eigenvalue weighted by atomic mass is 19.1. The largest absolute Gasteiger partial charge is 0.355 e. The first kappa shape index (κ1) is 22.1. The zero-order chi connectivity index (χ0) is 20.8. The zero-order valence-electron chi connectivity index (χ0n) is 17.6. The van der Waals surface area contributed by atoms with Crippen molar-refractivity contribution in [1.82, 2.24) is 20.4 Å². The summed E-state index contributed by atoms with van der Waals surface area (Å²) in [7, 11) is 0. The Hall–Kier alpha value is -1.57. The fourth-order valence-corrected chi connectivity index (χ4v) is 4.69. The lowest BCUT2D eigenvalue weighted by Gasteiger charge is -2.38. The van der Waals surface area contributed by atoms with Gasteiger partial charge in [-0.3, -0.25) is 9.69 Å². The van der Waals surface area contributed by atoms with Gasteiger partial charge in [0, 0.05) is 37.3 Å². The summed E-state index contributed by atoms with van der Waals surface area (Å²) in [6.07, 6.45) is 4.00. The average molecular weight is 409 g/mol. The molecule has 0 aliphatic carbocycles. The topological polar surface area (TPSA) is 47.6 Å². The molecular weight excluding hydrogens is 374 g/mol. The van der Waals surface area contributed by atoms with Gasteiger partial charge in [-0.25, -0.2) is 8.78 Å². The number of halogens is 2. The maximum atomic E-state index is 13.9.